The molecule has 3 aromatic rings. The molecule has 0 radical (unpaired) electrons. The van der Waals surface area contributed by atoms with E-state index in [9.17, 15) is 9.50 Å². The number of methoxy groups -OCH3 is 1. The second-order valence-electron chi connectivity index (χ2n) is 7.51. The summed E-state index contributed by atoms with van der Waals surface area (Å²) >= 11 is 0. The topological polar surface area (TPSA) is 89.4 Å². The Kier molecular flexibility index (Phi) is 3.91. The molecule has 1 aliphatic carbocycles. The minimum atomic E-state index is -2.61. The average molecular weight is 411 g/mol. The molecule has 1 saturated heterocycles. The standard InChI is InChI=1S/C22H21FN4O3/c1-29-20-10-13(6-7-24-20)12-2-3-15(18(28)9-12)16-4-5-19(27-26-16)30-22-14-8-17(21(22)23)25-11-14/h2-7,9-10,14,17,21-22,25,28H,8,11H2,1H3/t14?,17?,21-,22+/m0/s1/i1D3. The molecule has 2 fully saturated rings. The number of fused-ring (bicyclic) bond motifs is 2. The summed E-state index contributed by atoms with van der Waals surface area (Å²) in [5.74, 6) is 0.295. The number of benzene rings is 1. The molecule has 2 aliphatic rings. The fraction of sp³-hybridized carbons (Fsp3) is 0.318. The van der Waals surface area contributed by atoms with Crippen LogP contribution in [0.25, 0.3) is 22.4 Å². The number of hydrogen-bond acceptors (Lipinski definition) is 7. The minimum absolute atomic E-state index is 0.0337. The van der Waals surface area contributed by atoms with E-state index >= 15 is 0 Å². The van der Waals surface area contributed by atoms with E-state index in [-0.39, 0.29) is 29.5 Å². The quantitative estimate of drug-likeness (QED) is 0.667. The highest BCUT2D eigenvalue weighted by Crippen LogP contribution is 2.37. The molecule has 0 spiro atoms. The normalized spacial score (nSPS) is 26.6. The van der Waals surface area contributed by atoms with Crippen molar-refractivity contribution in [3.05, 3.63) is 48.7 Å². The van der Waals surface area contributed by atoms with Gasteiger partial charge in [0, 0.05) is 42.4 Å². The highest BCUT2D eigenvalue weighted by atomic mass is 19.1. The predicted molar refractivity (Wildman–Crippen MR) is 108 cm³/mol. The molecule has 1 aromatic carbocycles. The molecule has 0 amide bonds. The van der Waals surface area contributed by atoms with Gasteiger partial charge in [-0.15, -0.1) is 10.2 Å². The number of nitrogens with zero attached hydrogens (tertiary/aromatic N) is 3. The third-order valence-electron chi connectivity index (χ3n) is 5.71. The number of aromatic nitrogens is 3. The maximum Gasteiger partial charge on any atom is 0.233 e. The molecule has 2 bridgehead atoms. The molecular formula is C22H21FN4O3. The van der Waals surface area contributed by atoms with Crippen LogP contribution in [-0.2, 0) is 0 Å². The molecule has 8 heteroatoms. The lowest BCUT2D eigenvalue weighted by molar-refractivity contribution is 0.0615. The Morgan fingerprint density at radius 2 is 2.03 bits per heavy atom. The number of rotatable bonds is 5. The van der Waals surface area contributed by atoms with Crippen molar-refractivity contribution >= 4 is 0 Å². The van der Waals surface area contributed by atoms with Gasteiger partial charge in [0.25, 0.3) is 0 Å². The second kappa shape index (κ2) is 7.53. The van der Waals surface area contributed by atoms with Gasteiger partial charge in [-0.1, -0.05) is 6.07 Å². The van der Waals surface area contributed by atoms with Crippen molar-refractivity contribution in [1.29, 1.82) is 0 Å². The summed E-state index contributed by atoms with van der Waals surface area (Å²) in [7, 11) is -2.61. The molecular weight excluding hydrogens is 387 g/mol. The van der Waals surface area contributed by atoms with E-state index in [2.05, 4.69) is 20.5 Å². The summed E-state index contributed by atoms with van der Waals surface area (Å²) in [6, 6.07) is 11.2. The summed E-state index contributed by atoms with van der Waals surface area (Å²) in [6.07, 6.45) is 0.600. The zero-order valence-electron chi connectivity index (χ0n) is 18.8. The molecule has 154 valence electrons. The first kappa shape index (κ1) is 15.6. The zero-order chi connectivity index (χ0) is 23.2. The van der Waals surface area contributed by atoms with Crippen LogP contribution in [0.1, 0.15) is 10.5 Å². The van der Waals surface area contributed by atoms with Gasteiger partial charge in [-0.25, -0.2) is 9.37 Å². The van der Waals surface area contributed by atoms with Gasteiger partial charge in [-0.3, -0.25) is 0 Å². The first-order valence-electron chi connectivity index (χ1n) is 11.1. The highest BCUT2D eigenvalue weighted by Gasteiger charge is 2.50. The van der Waals surface area contributed by atoms with E-state index in [4.69, 9.17) is 13.6 Å². The summed E-state index contributed by atoms with van der Waals surface area (Å²) in [4.78, 5) is 3.90. The smallest absolute Gasteiger partial charge is 0.233 e. The Hall–Kier alpha value is -3.26. The van der Waals surface area contributed by atoms with Crippen LogP contribution < -0.4 is 14.8 Å². The monoisotopic (exact) mass is 411 g/mol. The molecule has 5 rings (SSSR count). The Labute approximate surface area is 177 Å². The first-order chi connectivity index (χ1) is 15.8. The van der Waals surface area contributed by atoms with Crippen LogP contribution in [0.15, 0.2) is 48.7 Å². The number of halogens is 1. The van der Waals surface area contributed by atoms with Crippen molar-refractivity contribution < 1.29 is 23.1 Å². The van der Waals surface area contributed by atoms with Gasteiger partial charge >= 0.3 is 0 Å². The van der Waals surface area contributed by atoms with E-state index in [1.165, 1.54) is 18.3 Å². The van der Waals surface area contributed by atoms with Gasteiger partial charge in [0.1, 0.15) is 11.9 Å². The van der Waals surface area contributed by atoms with Crippen molar-refractivity contribution in [2.75, 3.05) is 13.6 Å². The van der Waals surface area contributed by atoms with Crippen LogP contribution >= 0.6 is 0 Å². The maximum absolute atomic E-state index is 14.3. The van der Waals surface area contributed by atoms with Crippen molar-refractivity contribution in [1.82, 2.24) is 20.5 Å². The summed E-state index contributed by atoms with van der Waals surface area (Å²) < 4.78 is 46.5. The van der Waals surface area contributed by atoms with Crippen LogP contribution in [0, 0.1) is 5.92 Å². The van der Waals surface area contributed by atoms with E-state index in [0.29, 0.717) is 22.4 Å². The molecule has 7 nitrogen and oxygen atoms in total. The maximum atomic E-state index is 14.3. The largest absolute Gasteiger partial charge is 0.507 e. The van der Waals surface area contributed by atoms with E-state index in [1.54, 1.807) is 30.3 Å². The Bertz CT molecular complexity index is 1160. The van der Waals surface area contributed by atoms with Crippen LogP contribution in [0.3, 0.4) is 0 Å². The van der Waals surface area contributed by atoms with Crippen molar-refractivity contribution in [2.24, 2.45) is 5.92 Å². The number of nitrogens with one attached hydrogen (secondary N) is 1. The van der Waals surface area contributed by atoms with Crippen LogP contribution in [0.4, 0.5) is 4.39 Å². The van der Waals surface area contributed by atoms with Crippen molar-refractivity contribution in [2.45, 2.75) is 24.7 Å². The summed E-state index contributed by atoms with van der Waals surface area (Å²) in [5.41, 5.74) is 2.15. The predicted octanol–water partition coefficient (Wildman–Crippen LogP) is 3.00. The molecule has 1 aliphatic heterocycles. The number of phenols is 1. The summed E-state index contributed by atoms with van der Waals surface area (Å²) in [5, 5.41) is 21.9. The van der Waals surface area contributed by atoms with E-state index in [1.807, 2.05) is 0 Å². The van der Waals surface area contributed by atoms with Gasteiger partial charge in [0.2, 0.25) is 11.8 Å². The summed E-state index contributed by atoms with van der Waals surface area (Å²) in [6.45, 7) is 0.739. The number of aromatic hydroxyl groups is 1. The zero-order valence-corrected chi connectivity index (χ0v) is 15.8. The van der Waals surface area contributed by atoms with Crippen LogP contribution in [0.2, 0.25) is 0 Å². The van der Waals surface area contributed by atoms with Gasteiger partial charge in [0.05, 0.1) is 16.8 Å². The minimum Gasteiger partial charge on any atom is -0.507 e. The van der Waals surface area contributed by atoms with Crippen molar-refractivity contribution in [3.63, 3.8) is 0 Å². The lowest BCUT2D eigenvalue weighted by Gasteiger charge is -2.26. The second-order valence-corrected chi connectivity index (χ2v) is 7.51. The van der Waals surface area contributed by atoms with Crippen LogP contribution in [0.5, 0.6) is 17.5 Å². The number of alkyl halides is 1. The first-order valence-corrected chi connectivity index (χ1v) is 9.63. The third kappa shape index (κ3) is 3.33. The average Bonchev–Trinajstić information content (AvgIpc) is 3.36. The van der Waals surface area contributed by atoms with Gasteiger partial charge in [-0.2, -0.15) is 0 Å². The molecule has 3 heterocycles. The number of phenolic OH excluding ortho intramolecular Hbond substituents is 1. The molecule has 2 N–H and O–H groups in total. The van der Waals surface area contributed by atoms with E-state index < -0.39 is 19.3 Å². The van der Waals surface area contributed by atoms with Gasteiger partial charge in [0.15, 0.2) is 6.17 Å². The lowest BCUT2D eigenvalue weighted by atomic mass is 10.0. The Morgan fingerprint density at radius 3 is 2.77 bits per heavy atom. The number of ether oxygens (including phenoxy) is 2. The molecule has 30 heavy (non-hydrogen) atoms. The number of pyridine rings is 1. The fourth-order valence-corrected chi connectivity index (χ4v) is 4.18. The molecule has 1 saturated carbocycles. The number of piperidine rings is 1. The van der Waals surface area contributed by atoms with Crippen molar-refractivity contribution in [3.8, 4) is 39.9 Å². The number of hydrogen-bond donors (Lipinski definition) is 2. The Morgan fingerprint density at radius 1 is 1.13 bits per heavy atom. The SMILES string of the molecule is [2H]C([2H])([2H])Oc1cc(-c2ccc(-c3ccc(O[C@@H]4C5CNC(C5)[C@@H]4F)nn3)c(O)c2)ccn1. The highest BCUT2D eigenvalue weighted by molar-refractivity contribution is 5.74. The fourth-order valence-electron chi connectivity index (χ4n) is 4.18. The van der Waals surface area contributed by atoms with E-state index in [0.717, 1.165) is 13.0 Å². The molecule has 2 unspecified atom stereocenters. The lowest BCUT2D eigenvalue weighted by Crippen LogP contribution is -2.46. The molecule has 2 aromatic heterocycles. The van der Waals surface area contributed by atoms with Gasteiger partial charge < -0.3 is 19.9 Å². The molecule has 4 atom stereocenters. The third-order valence-corrected chi connectivity index (χ3v) is 5.71. The Balaban J connectivity index is 1.32. The van der Waals surface area contributed by atoms with Gasteiger partial charge in [-0.05, 0) is 41.8 Å². The van der Waals surface area contributed by atoms with Crippen LogP contribution in [-0.4, -0.2) is 52.2 Å².